The van der Waals surface area contributed by atoms with E-state index < -0.39 is 6.43 Å². The summed E-state index contributed by atoms with van der Waals surface area (Å²) in [7, 11) is 0. The van der Waals surface area contributed by atoms with Gasteiger partial charge in [0.1, 0.15) is 0 Å². The summed E-state index contributed by atoms with van der Waals surface area (Å²) in [6, 6.07) is 4.96. The van der Waals surface area contributed by atoms with Gasteiger partial charge in [-0.2, -0.15) is 0 Å². The standard InChI is InChI=1S/C13H20F2N2/c1-4-9(3)17(5-2)12-7-6-10(16)8-11(12)13(14)15/h6-9,13H,4-5,16H2,1-3H3. The molecule has 17 heavy (non-hydrogen) atoms. The van der Waals surface area contributed by atoms with Crippen molar-refractivity contribution in [3.8, 4) is 0 Å². The maximum Gasteiger partial charge on any atom is 0.265 e. The van der Waals surface area contributed by atoms with Crippen LogP contribution in [-0.4, -0.2) is 12.6 Å². The second kappa shape index (κ2) is 5.84. The smallest absolute Gasteiger partial charge is 0.265 e. The Kier molecular flexibility index (Phi) is 4.73. The Hall–Kier alpha value is -1.32. The zero-order chi connectivity index (χ0) is 13.0. The lowest BCUT2D eigenvalue weighted by atomic mass is 10.1. The number of benzene rings is 1. The van der Waals surface area contributed by atoms with E-state index in [1.54, 1.807) is 12.1 Å². The summed E-state index contributed by atoms with van der Waals surface area (Å²) in [4.78, 5) is 1.99. The van der Waals surface area contributed by atoms with Gasteiger partial charge in [-0.25, -0.2) is 8.78 Å². The fraction of sp³-hybridized carbons (Fsp3) is 0.538. The Morgan fingerprint density at radius 2 is 1.94 bits per heavy atom. The van der Waals surface area contributed by atoms with Gasteiger partial charge in [0.25, 0.3) is 6.43 Å². The van der Waals surface area contributed by atoms with Crippen LogP contribution in [0.15, 0.2) is 18.2 Å². The number of anilines is 2. The maximum atomic E-state index is 13.0. The van der Waals surface area contributed by atoms with Gasteiger partial charge in [-0.1, -0.05) is 6.92 Å². The molecule has 0 aliphatic rings. The number of hydrogen-bond acceptors (Lipinski definition) is 2. The summed E-state index contributed by atoms with van der Waals surface area (Å²) < 4.78 is 26.0. The minimum atomic E-state index is -2.49. The number of nitrogens with two attached hydrogens (primary N) is 1. The van der Waals surface area contributed by atoms with Gasteiger partial charge in [0.05, 0.1) is 0 Å². The molecule has 0 fully saturated rings. The van der Waals surface area contributed by atoms with Gasteiger partial charge in [-0.05, 0) is 38.5 Å². The first-order chi connectivity index (χ1) is 8.01. The lowest BCUT2D eigenvalue weighted by Gasteiger charge is -2.31. The monoisotopic (exact) mass is 242 g/mol. The van der Waals surface area contributed by atoms with E-state index in [1.807, 2.05) is 25.7 Å². The summed E-state index contributed by atoms with van der Waals surface area (Å²) >= 11 is 0. The number of alkyl halides is 2. The number of rotatable bonds is 5. The first-order valence-electron chi connectivity index (χ1n) is 5.95. The van der Waals surface area contributed by atoms with Crippen LogP contribution in [-0.2, 0) is 0 Å². The van der Waals surface area contributed by atoms with E-state index in [0.29, 0.717) is 17.9 Å². The number of halogens is 2. The molecule has 96 valence electrons. The van der Waals surface area contributed by atoms with Crippen LogP contribution in [0.4, 0.5) is 20.2 Å². The van der Waals surface area contributed by atoms with E-state index in [-0.39, 0.29) is 11.6 Å². The number of nitrogen functional groups attached to an aromatic ring is 1. The minimum absolute atomic E-state index is 0.0205. The van der Waals surface area contributed by atoms with E-state index in [0.717, 1.165) is 6.42 Å². The molecule has 1 atom stereocenters. The second-order valence-electron chi connectivity index (χ2n) is 4.16. The van der Waals surface area contributed by atoms with E-state index in [4.69, 9.17) is 5.73 Å². The SMILES string of the molecule is CCC(C)N(CC)c1ccc(N)cc1C(F)F. The molecule has 0 bridgehead atoms. The number of nitrogens with zero attached hydrogens (tertiary/aromatic N) is 1. The average molecular weight is 242 g/mol. The van der Waals surface area contributed by atoms with Gasteiger partial charge in [-0.15, -0.1) is 0 Å². The van der Waals surface area contributed by atoms with Gasteiger partial charge < -0.3 is 10.6 Å². The highest BCUT2D eigenvalue weighted by Gasteiger charge is 2.19. The maximum absolute atomic E-state index is 13.0. The fourth-order valence-electron chi connectivity index (χ4n) is 1.95. The largest absolute Gasteiger partial charge is 0.399 e. The molecule has 2 N–H and O–H groups in total. The molecule has 0 spiro atoms. The quantitative estimate of drug-likeness (QED) is 0.795. The van der Waals surface area contributed by atoms with Crippen molar-refractivity contribution in [1.29, 1.82) is 0 Å². The van der Waals surface area contributed by atoms with Crippen molar-refractivity contribution in [1.82, 2.24) is 0 Å². The first-order valence-corrected chi connectivity index (χ1v) is 5.95. The van der Waals surface area contributed by atoms with E-state index in [2.05, 4.69) is 0 Å². The van der Waals surface area contributed by atoms with Crippen LogP contribution in [0.2, 0.25) is 0 Å². The Morgan fingerprint density at radius 1 is 1.29 bits per heavy atom. The predicted molar refractivity (Wildman–Crippen MR) is 68.6 cm³/mol. The molecule has 1 unspecified atom stereocenters. The third-order valence-electron chi connectivity index (χ3n) is 3.06. The highest BCUT2D eigenvalue weighted by molar-refractivity contribution is 5.60. The van der Waals surface area contributed by atoms with E-state index in [9.17, 15) is 8.78 Å². The van der Waals surface area contributed by atoms with Crippen LogP contribution < -0.4 is 10.6 Å². The van der Waals surface area contributed by atoms with E-state index in [1.165, 1.54) is 6.07 Å². The minimum Gasteiger partial charge on any atom is -0.399 e. The highest BCUT2D eigenvalue weighted by atomic mass is 19.3. The van der Waals surface area contributed by atoms with Crippen LogP contribution in [0, 0.1) is 0 Å². The molecule has 2 nitrogen and oxygen atoms in total. The van der Waals surface area contributed by atoms with Crippen molar-refractivity contribution in [3.63, 3.8) is 0 Å². The zero-order valence-corrected chi connectivity index (χ0v) is 10.6. The molecule has 0 aliphatic heterocycles. The van der Waals surface area contributed by atoms with Crippen LogP contribution in [0.25, 0.3) is 0 Å². The van der Waals surface area contributed by atoms with Crippen LogP contribution in [0.3, 0.4) is 0 Å². The second-order valence-corrected chi connectivity index (χ2v) is 4.16. The van der Waals surface area contributed by atoms with Crippen molar-refractivity contribution in [3.05, 3.63) is 23.8 Å². The first kappa shape index (κ1) is 13.7. The van der Waals surface area contributed by atoms with Crippen LogP contribution >= 0.6 is 0 Å². The Bertz CT molecular complexity index is 366. The Labute approximate surface area is 101 Å². The van der Waals surface area contributed by atoms with Crippen molar-refractivity contribution >= 4 is 11.4 Å². The lowest BCUT2D eigenvalue weighted by Crippen LogP contribution is -2.33. The normalized spacial score (nSPS) is 12.8. The summed E-state index contributed by atoms with van der Waals surface area (Å²) in [5.74, 6) is 0. The summed E-state index contributed by atoms with van der Waals surface area (Å²) in [6.07, 6.45) is -1.58. The zero-order valence-electron chi connectivity index (χ0n) is 10.6. The van der Waals surface area contributed by atoms with Crippen molar-refractivity contribution < 1.29 is 8.78 Å². The topological polar surface area (TPSA) is 29.3 Å². The molecule has 0 aromatic heterocycles. The molecule has 1 aromatic carbocycles. The van der Waals surface area contributed by atoms with Gasteiger partial charge in [0.15, 0.2) is 0 Å². The van der Waals surface area contributed by atoms with Gasteiger partial charge in [-0.3, -0.25) is 0 Å². The van der Waals surface area contributed by atoms with Crippen molar-refractivity contribution in [2.75, 3.05) is 17.2 Å². The summed E-state index contributed by atoms with van der Waals surface area (Å²) in [5, 5.41) is 0. The van der Waals surface area contributed by atoms with Crippen molar-refractivity contribution in [2.45, 2.75) is 39.7 Å². The number of hydrogen-bond donors (Lipinski definition) is 1. The lowest BCUT2D eigenvalue weighted by molar-refractivity contribution is 0.151. The summed E-state index contributed by atoms with van der Waals surface area (Å²) in [5.41, 5.74) is 6.55. The van der Waals surface area contributed by atoms with E-state index >= 15 is 0 Å². The average Bonchev–Trinajstić information content (AvgIpc) is 2.31. The Morgan fingerprint density at radius 3 is 2.41 bits per heavy atom. The molecule has 0 aliphatic carbocycles. The van der Waals surface area contributed by atoms with Gasteiger partial charge >= 0.3 is 0 Å². The van der Waals surface area contributed by atoms with Crippen LogP contribution in [0.5, 0.6) is 0 Å². The third kappa shape index (κ3) is 3.08. The van der Waals surface area contributed by atoms with Gasteiger partial charge in [0.2, 0.25) is 0 Å². The van der Waals surface area contributed by atoms with Crippen molar-refractivity contribution in [2.24, 2.45) is 0 Å². The molecule has 0 radical (unpaired) electrons. The third-order valence-corrected chi connectivity index (χ3v) is 3.06. The predicted octanol–water partition coefficient (Wildman–Crippen LogP) is 3.83. The molecular weight excluding hydrogens is 222 g/mol. The molecule has 0 heterocycles. The molecule has 1 aromatic rings. The Balaban J connectivity index is 3.18. The van der Waals surface area contributed by atoms with Crippen LogP contribution in [0.1, 0.15) is 39.2 Å². The fourth-order valence-corrected chi connectivity index (χ4v) is 1.95. The summed E-state index contributed by atoms with van der Waals surface area (Å²) in [6.45, 7) is 6.76. The molecular formula is C13H20F2N2. The molecule has 0 saturated heterocycles. The van der Waals surface area contributed by atoms with Gasteiger partial charge in [0, 0.05) is 29.5 Å². The highest BCUT2D eigenvalue weighted by Crippen LogP contribution is 2.32. The molecule has 0 saturated carbocycles. The molecule has 1 rings (SSSR count). The molecule has 0 amide bonds. The molecule has 4 heteroatoms.